The lowest BCUT2D eigenvalue weighted by Crippen LogP contribution is -2.37. The average molecular weight is 501 g/mol. The highest BCUT2D eigenvalue weighted by Crippen LogP contribution is 2.30. The maximum absolute atomic E-state index is 13.7. The zero-order chi connectivity index (χ0) is 25.8. The van der Waals surface area contributed by atoms with Gasteiger partial charge in [0, 0.05) is 12.8 Å². The Balaban J connectivity index is 2.50. The summed E-state index contributed by atoms with van der Waals surface area (Å²) in [6.45, 7) is 8.82. The number of esters is 2. The Hall–Kier alpha value is -3.30. The fraction of sp³-hybridized carbons (Fsp3) is 0.346. The highest BCUT2D eigenvalue weighted by atomic mass is 32.2. The normalized spacial score (nSPS) is 12.6. The molecule has 2 aromatic carbocycles. The molecule has 0 saturated heterocycles. The first-order valence-corrected chi connectivity index (χ1v) is 12.8. The Morgan fingerprint density at radius 2 is 1.57 bits per heavy atom. The lowest BCUT2D eigenvalue weighted by atomic mass is 10.0. The summed E-state index contributed by atoms with van der Waals surface area (Å²) in [5.74, 6) is -1.72. The van der Waals surface area contributed by atoms with Crippen LogP contribution in [0, 0.1) is 6.92 Å². The van der Waals surface area contributed by atoms with Gasteiger partial charge >= 0.3 is 11.9 Å². The van der Waals surface area contributed by atoms with Gasteiger partial charge in [-0.25, -0.2) is 18.0 Å². The third-order valence-electron chi connectivity index (χ3n) is 5.09. The molecule has 35 heavy (non-hydrogen) atoms. The van der Waals surface area contributed by atoms with Gasteiger partial charge in [0.15, 0.2) is 0 Å². The van der Waals surface area contributed by atoms with Gasteiger partial charge in [-0.15, -0.1) is 6.58 Å². The van der Waals surface area contributed by atoms with Gasteiger partial charge in [0.25, 0.3) is 0 Å². The monoisotopic (exact) mass is 500 g/mol. The smallest absolute Gasteiger partial charge is 0.342 e. The van der Waals surface area contributed by atoms with Crippen LogP contribution in [0.2, 0.25) is 0 Å². The summed E-state index contributed by atoms with van der Waals surface area (Å²) >= 11 is 0. The van der Waals surface area contributed by atoms with Crippen molar-refractivity contribution in [2.24, 2.45) is 4.99 Å². The van der Waals surface area contributed by atoms with Crippen molar-refractivity contribution in [3.8, 4) is 0 Å². The van der Waals surface area contributed by atoms with E-state index in [4.69, 9.17) is 9.47 Å². The van der Waals surface area contributed by atoms with Crippen LogP contribution >= 0.6 is 0 Å². The predicted molar refractivity (Wildman–Crippen MR) is 135 cm³/mol. The van der Waals surface area contributed by atoms with Gasteiger partial charge in [0.05, 0.1) is 24.2 Å². The number of hydrogen-bond donors (Lipinski definition) is 0. The van der Waals surface area contributed by atoms with Gasteiger partial charge in [0.1, 0.15) is 0 Å². The summed E-state index contributed by atoms with van der Waals surface area (Å²) in [5, 5.41) is 0. The van der Waals surface area contributed by atoms with E-state index in [-0.39, 0.29) is 24.7 Å². The Bertz CT molecular complexity index is 1100. The number of carbonyl (C=O) groups excluding carboxylic acids is 2. The highest BCUT2D eigenvalue weighted by molar-refractivity contribution is 7.89. The first-order valence-electron chi connectivity index (χ1n) is 11.3. The molecule has 1 atom stereocenters. The fourth-order valence-electron chi connectivity index (χ4n) is 3.38. The Morgan fingerprint density at radius 1 is 1.00 bits per heavy atom. The van der Waals surface area contributed by atoms with Crippen LogP contribution in [0.3, 0.4) is 0 Å². The Labute approximate surface area is 207 Å². The maximum atomic E-state index is 13.7. The molecule has 0 aliphatic carbocycles. The summed E-state index contributed by atoms with van der Waals surface area (Å²) in [6.07, 6.45) is 3.22. The second-order valence-corrected chi connectivity index (χ2v) is 9.47. The quantitative estimate of drug-likeness (QED) is 0.179. The molecule has 0 heterocycles. The summed E-state index contributed by atoms with van der Waals surface area (Å²) in [4.78, 5) is 28.7. The molecule has 0 bridgehead atoms. The number of ether oxygens (including phenoxy) is 2. The zero-order valence-electron chi connectivity index (χ0n) is 20.3. The van der Waals surface area contributed by atoms with E-state index in [0.29, 0.717) is 6.42 Å². The first-order chi connectivity index (χ1) is 16.8. The van der Waals surface area contributed by atoms with Crippen LogP contribution in [0.25, 0.3) is 0 Å². The van der Waals surface area contributed by atoms with E-state index < -0.39 is 34.0 Å². The number of aryl methyl sites for hydroxylation is 1. The molecule has 0 saturated carbocycles. The zero-order valence-corrected chi connectivity index (χ0v) is 21.1. The van der Waals surface area contributed by atoms with Crippen LogP contribution in [-0.2, 0) is 29.1 Å². The van der Waals surface area contributed by atoms with E-state index in [1.807, 2.05) is 37.3 Å². The van der Waals surface area contributed by atoms with Crippen molar-refractivity contribution in [3.63, 3.8) is 0 Å². The van der Waals surface area contributed by atoms with Crippen molar-refractivity contribution < 1.29 is 27.5 Å². The van der Waals surface area contributed by atoms with E-state index in [1.54, 1.807) is 44.2 Å². The standard InChI is InChI=1S/C26H32N2O6S/c1-5-11-23(21-12-9-8-10-13-21)28(35(31,32)22-16-14-20(4)15-17-22)19-18-27-24(25(29)33-6-2)26(30)34-7-3/h5,8-10,12-18,23-24H,1,6-7,11,19H2,2-4H3. The van der Waals surface area contributed by atoms with Gasteiger partial charge in [0.2, 0.25) is 16.1 Å². The molecule has 2 aromatic rings. The van der Waals surface area contributed by atoms with Gasteiger partial charge in [-0.05, 0) is 44.9 Å². The second kappa shape index (κ2) is 13.6. The lowest BCUT2D eigenvalue weighted by molar-refractivity contribution is -0.156. The molecule has 0 aromatic heterocycles. The number of nitrogens with zero attached hydrogens (tertiary/aromatic N) is 2. The number of rotatable bonds is 13. The molecule has 0 spiro atoms. The Morgan fingerprint density at radius 3 is 2.09 bits per heavy atom. The van der Waals surface area contributed by atoms with Crippen LogP contribution < -0.4 is 0 Å². The number of sulfonamides is 1. The van der Waals surface area contributed by atoms with Crippen molar-refractivity contribution >= 4 is 28.2 Å². The highest BCUT2D eigenvalue weighted by Gasteiger charge is 2.32. The summed E-state index contributed by atoms with van der Waals surface area (Å²) < 4.78 is 38.6. The molecular weight excluding hydrogens is 468 g/mol. The molecular formula is C26H32N2O6S. The number of carbonyl (C=O) groups is 2. The number of aliphatic imine (C=N–C) groups is 1. The van der Waals surface area contributed by atoms with Crippen molar-refractivity contribution in [1.29, 1.82) is 0 Å². The Kier molecular flexibility index (Phi) is 10.8. The third kappa shape index (κ3) is 7.60. The maximum Gasteiger partial charge on any atom is 0.342 e. The van der Waals surface area contributed by atoms with E-state index >= 15 is 0 Å². The molecule has 0 amide bonds. The van der Waals surface area contributed by atoms with E-state index in [0.717, 1.165) is 11.1 Å². The van der Waals surface area contributed by atoms with E-state index in [9.17, 15) is 18.0 Å². The van der Waals surface area contributed by atoms with Gasteiger partial charge in [-0.3, -0.25) is 4.99 Å². The molecule has 0 N–H and O–H groups in total. The lowest BCUT2D eigenvalue weighted by Gasteiger charge is -2.30. The second-order valence-electron chi connectivity index (χ2n) is 7.58. The molecule has 0 radical (unpaired) electrons. The predicted octanol–water partition coefficient (Wildman–Crippen LogP) is 3.87. The van der Waals surface area contributed by atoms with Gasteiger partial charge in [-0.1, -0.05) is 54.1 Å². The summed E-state index contributed by atoms with van der Waals surface area (Å²) in [7, 11) is -3.98. The van der Waals surface area contributed by atoms with Crippen LogP contribution in [0.15, 0.2) is 77.1 Å². The van der Waals surface area contributed by atoms with Crippen molar-refractivity contribution in [3.05, 3.63) is 78.4 Å². The topological polar surface area (TPSA) is 102 Å². The van der Waals surface area contributed by atoms with Crippen molar-refractivity contribution in [1.82, 2.24) is 4.31 Å². The van der Waals surface area contributed by atoms with Crippen LogP contribution in [0.4, 0.5) is 0 Å². The minimum absolute atomic E-state index is 0.0631. The largest absolute Gasteiger partial charge is 0.464 e. The minimum atomic E-state index is -3.98. The molecule has 8 nitrogen and oxygen atoms in total. The molecule has 188 valence electrons. The van der Waals surface area contributed by atoms with Crippen LogP contribution in [0.5, 0.6) is 0 Å². The molecule has 9 heteroatoms. The van der Waals surface area contributed by atoms with Gasteiger partial charge in [-0.2, -0.15) is 4.31 Å². The van der Waals surface area contributed by atoms with Crippen LogP contribution in [-0.4, -0.2) is 56.7 Å². The van der Waals surface area contributed by atoms with E-state index in [1.165, 1.54) is 10.5 Å². The third-order valence-corrected chi connectivity index (χ3v) is 6.97. The molecule has 0 fully saturated rings. The number of hydrogen-bond acceptors (Lipinski definition) is 7. The first kappa shape index (κ1) is 27.9. The molecule has 1 unspecified atom stereocenters. The average Bonchev–Trinajstić information content (AvgIpc) is 2.84. The minimum Gasteiger partial charge on any atom is -0.464 e. The van der Waals surface area contributed by atoms with Crippen molar-refractivity contribution in [2.45, 2.75) is 44.2 Å². The molecule has 0 aliphatic rings. The fourth-order valence-corrected chi connectivity index (χ4v) is 4.94. The van der Waals surface area contributed by atoms with Crippen LogP contribution in [0.1, 0.15) is 37.4 Å². The van der Waals surface area contributed by atoms with Gasteiger partial charge < -0.3 is 9.47 Å². The number of benzene rings is 2. The van der Waals surface area contributed by atoms with Crippen molar-refractivity contribution in [2.75, 3.05) is 19.8 Å². The summed E-state index contributed by atoms with van der Waals surface area (Å²) in [6, 6.07) is 13.6. The van der Waals surface area contributed by atoms with E-state index in [2.05, 4.69) is 11.6 Å². The summed E-state index contributed by atoms with van der Waals surface area (Å²) in [5.41, 5.74) is 1.69. The molecule has 2 rings (SSSR count). The SMILES string of the molecule is C=CCC(c1ccccc1)N(CC=NC(C(=O)OCC)C(=O)OCC)S(=O)(=O)c1ccc(C)cc1. The molecule has 0 aliphatic heterocycles.